The second-order valence-electron chi connectivity index (χ2n) is 8.87. The third-order valence-electron chi connectivity index (χ3n) is 6.23. The molecule has 0 saturated carbocycles. The van der Waals surface area contributed by atoms with E-state index in [2.05, 4.69) is 31.2 Å². The molecule has 5 rings (SSSR count). The van der Waals surface area contributed by atoms with E-state index in [-0.39, 0.29) is 12.0 Å². The van der Waals surface area contributed by atoms with Gasteiger partial charge >= 0.3 is 0 Å². The lowest BCUT2D eigenvalue weighted by molar-refractivity contribution is -0.123. The number of nitrogens with zero attached hydrogens (tertiary/aromatic N) is 3. The van der Waals surface area contributed by atoms with Crippen LogP contribution in [0.5, 0.6) is 0 Å². The molecular weight excluding hydrogens is 507 g/mol. The Balaban J connectivity index is 1.45. The van der Waals surface area contributed by atoms with Crippen molar-refractivity contribution < 1.29 is 9.53 Å². The third kappa shape index (κ3) is 5.78. The van der Waals surface area contributed by atoms with Crippen molar-refractivity contribution >= 4 is 52.0 Å². The quantitative estimate of drug-likeness (QED) is 0.130. The number of carbonyl (C=O) groups excluding carboxylic acids is 1. The number of thioether (sulfide) groups is 2. The van der Waals surface area contributed by atoms with E-state index in [1.807, 2.05) is 59.0 Å². The highest BCUT2D eigenvalue weighted by molar-refractivity contribution is 8.26. The maximum Gasteiger partial charge on any atom is 0.266 e. The Kier molecular flexibility index (Phi) is 8.26. The van der Waals surface area contributed by atoms with E-state index in [4.69, 9.17) is 22.1 Å². The molecule has 3 heterocycles. The van der Waals surface area contributed by atoms with Crippen molar-refractivity contribution in [3.8, 4) is 16.9 Å². The standard InChI is InChI=1S/C28H29N3O2S3/c1-2-3-16-35-24-13-11-20(12-14-24)26-21(18-31(29-26)22-8-5-4-6-9-22)17-25-27(32)30(28(34)36-25)19-23-10-7-15-33-23/h4-6,8-9,11-14,17-18,23H,2-3,7,10,15-16,19H2,1H3/b25-17-/t23-/m0/s1. The highest BCUT2D eigenvalue weighted by Crippen LogP contribution is 2.36. The van der Waals surface area contributed by atoms with Crippen LogP contribution in [0, 0.1) is 0 Å². The fourth-order valence-electron chi connectivity index (χ4n) is 4.26. The average Bonchev–Trinajstić information content (AvgIpc) is 3.63. The van der Waals surface area contributed by atoms with Gasteiger partial charge in [0, 0.05) is 28.8 Å². The molecule has 0 spiro atoms. The van der Waals surface area contributed by atoms with E-state index in [1.165, 1.54) is 29.5 Å². The van der Waals surface area contributed by atoms with Gasteiger partial charge in [0.05, 0.1) is 28.9 Å². The minimum Gasteiger partial charge on any atom is -0.376 e. The van der Waals surface area contributed by atoms with E-state index in [9.17, 15) is 4.79 Å². The Morgan fingerprint density at radius 1 is 1.19 bits per heavy atom. The molecular formula is C28H29N3O2S3. The van der Waals surface area contributed by atoms with Gasteiger partial charge in [0.1, 0.15) is 4.32 Å². The molecule has 1 atom stereocenters. The van der Waals surface area contributed by atoms with Crippen molar-refractivity contribution in [2.45, 2.75) is 43.6 Å². The number of hydrogen-bond acceptors (Lipinski definition) is 6. The van der Waals surface area contributed by atoms with E-state index in [0.717, 1.165) is 47.7 Å². The molecule has 36 heavy (non-hydrogen) atoms. The van der Waals surface area contributed by atoms with Crippen molar-refractivity contribution in [1.82, 2.24) is 14.7 Å². The Hall–Kier alpha value is -2.39. The van der Waals surface area contributed by atoms with Gasteiger partial charge in [-0.2, -0.15) is 5.10 Å². The van der Waals surface area contributed by atoms with Crippen LogP contribution in [0.3, 0.4) is 0 Å². The number of carbonyl (C=O) groups is 1. The van der Waals surface area contributed by atoms with E-state index in [0.29, 0.717) is 15.8 Å². The van der Waals surface area contributed by atoms with Crippen LogP contribution < -0.4 is 0 Å². The van der Waals surface area contributed by atoms with Crippen LogP contribution in [0.1, 0.15) is 38.2 Å². The van der Waals surface area contributed by atoms with E-state index >= 15 is 0 Å². The number of para-hydroxylation sites is 1. The summed E-state index contributed by atoms with van der Waals surface area (Å²) in [5.74, 6) is 1.07. The number of amides is 1. The first kappa shape index (κ1) is 25.3. The lowest BCUT2D eigenvalue weighted by atomic mass is 10.1. The van der Waals surface area contributed by atoms with Gasteiger partial charge in [0.2, 0.25) is 0 Å². The van der Waals surface area contributed by atoms with Gasteiger partial charge in [-0.25, -0.2) is 4.68 Å². The Morgan fingerprint density at radius 2 is 2.00 bits per heavy atom. The van der Waals surface area contributed by atoms with Gasteiger partial charge in [0.25, 0.3) is 5.91 Å². The fourth-order valence-corrected chi connectivity index (χ4v) is 6.53. The predicted molar refractivity (Wildman–Crippen MR) is 153 cm³/mol. The topological polar surface area (TPSA) is 47.4 Å². The van der Waals surface area contributed by atoms with Gasteiger partial charge in [-0.15, -0.1) is 11.8 Å². The first-order valence-corrected chi connectivity index (χ1v) is 14.6. The first-order chi connectivity index (χ1) is 17.6. The molecule has 1 aromatic heterocycles. The Morgan fingerprint density at radius 3 is 2.72 bits per heavy atom. The number of benzene rings is 2. The molecule has 0 radical (unpaired) electrons. The average molecular weight is 536 g/mol. The van der Waals surface area contributed by atoms with Crippen LogP contribution in [0.25, 0.3) is 23.0 Å². The molecule has 0 bridgehead atoms. The van der Waals surface area contributed by atoms with Gasteiger partial charge in [-0.1, -0.05) is 67.7 Å². The van der Waals surface area contributed by atoms with E-state index in [1.54, 1.807) is 4.90 Å². The summed E-state index contributed by atoms with van der Waals surface area (Å²) in [5.41, 5.74) is 3.72. The van der Waals surface area contributed by atoms with E-state index < -0.39 is 0 Å². The van der Waals surface area contributed by atoms with Crippen molar-refractivity contribution in [1.29, 1.82) is 0 Å². The van der Waals surface area contributed by atoms with Crippen LogP contribution in [-0.4, -0.2) is 49.9 Å². The summed E-state index contributed by atoms with van der Waals surface area (Å²) in [5, 5.41) is 4.92. The monoisotopic (exact) mass is 535 g/mol. The van der Waals surface area contributed by atoms with Gasteiger partial charge in [-0.05, 0) is 55.4 Å². The summed E-state index contributed by atoms with van der Waals surface area (Å²) in [6, 6.07) is 18.6. The maximum atomic E-state index is 13.3. The zero-order valence-electron chi connectivity index (χ0n) is 20.3. The largest absolute Gasteiger partial charge is 0.376 e. The van der Waals surface area contributed by atoms with Crippen LogP contribution in [0.4, 0.5) is 0 Å². The molecule has 2 aliphatic heterocycles. The highest BCUT2D eigenvalue weighted by Gasteiger charge is 2.35. The smallest absolute Gasteiger partial charge is 0.266 e. The normalized spacial score (nSPS) is 19.1. The van der Waals surface area contributed by atoms with Gasteiger partial charge < -0.3 is 4.74 Å². The summed E-state index contributed by atoms with van der Waals surface area (Å²) in [4.78, 5) is 16.8. The van der Waals surface area contributed by atoms with Gasteiger partial charge in [0.15, 0.2) is 0 Å². The first-order valence-electron chi connectivity index (χ1n) is 12.4. The molecule has 2 aliphatic rings. The summed E-state index contributed by atoms with van der Waals surface area (Å²) in [6.07, 6.45) is 8.40. The third-order valence-corrected chi connectivity index (χ3v) is 8.70. The minimum atomic E-state index is -0.0541. The summed E-state index contributed by atoms with van der Waals surface area (Å²) < 4.78 is 8.20. The van der Waals surface area contributed by atoms with Crippen LogP contribution in [0.15, 0.2) is 70.6 Å². The van der Waals surface area contributed by atoms with Gasteiger partial charge in [-0.3, -0.25) is 9.69 Å². The molecule has 3 aromatic rings. The molecule has 2 aromatic carbocycles. The second kappa shape index (κ2) is 11.8. The number of ether oxygens (including phenoxy) is 1. The summed E-state index contributed by atoms with van der Waals surface area (Å²) in [7, 11) is 0. The number of thiocarbonyl (C=S) groups is 1. The summed E-state index contributed by atoms with van der Waals surface area (Å²) >= 11 is 8.79. The zero-order chi connectivity index (χ0) is 24.9. The van der Waals surface area contributed by atoms with Crippen molar-refractivity contribution in [3.63, 3.8) is 0 Å². The van der Waals surface area contributed by atoms with Crippen LogP contribution in [-0.2, 0) is 9.53 Å². The number of aromatic nitrogens is 2. The Labute approximate surface area is 226 Å². The highest BCUT2D eigenvalue weighted by atomic mass is 32.2. The maximum absolute atomic E-state index is 13.3. The van der Waals surface area contributed by atoms with Crippen LogP contribution >= 0.6 is 35.7 Å². The van der Waals surface area contributed by atoms with Crippen molar-refractivity contribution in [2.75, 3.05) is 18.9 Å². The second-order valence-corrected chi connectivity index (χ2v) is 11.7. The predicted octanol–water partition coefficient (Wildman–Crippen LogP) is 6.81. The zero-order valence-corrected chi connectivity index (χ0v) is 22.7. The molecule has 186 valence electrons. The van der Waals surface area contributed by atoms with Crippen LogP contribution in [0.2, 0.25) is 0 Å². The lowest BCUT2D eigenvalue weighted by Gasteiger charge is -2.18. The summed E-state index contributed by atoms with van der Waals surface area (Å²) in [6.45, 7) is 3.49. The number of rotatable bonds is 9. The Bertz CT molecular complexity index is 1250. The number of hydrogen-bond donors (Lipinski definition) is 0. The fraction of sp³-hybridized carbons (Fsp3) is 0.321. The molecule has 0 unspecified atom stereocenters. The molecule has 8 heteroatoms. The molecule has 0 aliphatic carbocycles. The van der Waals surface area contributed by atoms with Crippen molar-refractivity contribution in [2.24, 2.45) is 0 Å². The minimum absolute atomic E-state index is 0.0541. The molecule has 5 nitrogen and oxygen atoms in total. The van der Waals surface area contributed by atoms with Crippen molar-refractivity contribution in [3.05, 3.63) is 71.3 Å². The molecule has 2 fully saturated rings. The molecule has 1 amide bonds. The lowest BCUT2D eigenvalue weighted by Crippen LogP contribution is -2.35. The molecule has 2 saturated heterocycles. The molecule has 0 N–H and O–H groups in total. The SMILES string of the molecule is CCCCSc1ccc(-c2nn(-c3ccccc3)cc2/C=C2\SC(=S)N(C[C@@H]3CCCO3)C2=O)cc1. The number of unbranched alkanes of at least 4 members (excludes halogenated alkanes) is 1.